The van der Waals surface area contributed by atoms with E-state index in [4.69, 9.17) is 10.8 Å². The Balaban J connectivity index is 2.53. The van der Waals surface area contributed by atoms with Crippen LogP contribution in [0, 0.1) is 11.8 Å². The highest BCUT2D eigenvalue weighted by molar-refractivity contribution is 5.67. The first-order valence-corrected chi connectivity index (χ1v) is 5.13. The molecule has 0 bridgehead atoms. The van der Waals surface area contributed by atoms with E-state index in [2.05, 4.69) is 19.9 Å². The third-order valence-corrected chi connectivity index (χ3v) is 2.84. The molecule has 3 nitrogen and oxygen atoms in total. The molecule has 0 radical (unpaired) electrons. The van der Waals surface area contributed by atoms with Crippen molar-refractivity contribution in [3.05, 3.63) is 11.6 Å². The molecule has 0 aromatic carbocycles. The maximum Gasteiger partial charge on any atom is 0.304 e. The van der Waals surface area contributed by atoms with Gasteiger partial charge < -0.3 is 10.8 Å². The van der Waals surface area contributed by atoms with Crippen LogP contribution in [0.15, 0.2) is 11.6 Å². The molecule has 0 spiro atoms. The number of carboxylic acid groups (broad SMARTS) is 1. The summed E-state index contributed by atoms with van der Waals surface area (Å²) in [5.41, 5.74) is 7.21. The molecule has 0 aromatic rings. The summed E-state index contributed by atoms with van der Waals surface area (Å²) in [6.07, 6.45) is 4.32. The second kappa shape index (κ2) is 4.60. The number of hydrogen-bond donors (Lipinski definition) is 2. The van der Waals surface area contributed by atoms with Crippen molar-refractivity contribution in [3.8, 4) is 0 Å². The minimum absolute atomic E-state index is 0.0880. The molecule has 1 aliphatic carbocycles. The monoisotopic (exact) mass is 197 g/mol. The van der Waals surface area contributed by atoms with Crippen molar-refractivity contribution < 1.29 is 9.90 Å². The van der Waals surface area contributed by atoms with E-state index < -0.39 is 5.97 Å². The van der Waals surface area contributed by atoms with E-state index in [-0.39, 0.29) is 12.5 Å². The number of aliphatic carboxylic acids is 1. The van der Waals surface area contributed by atoms with Gasteiger partial charge in [0.1, 0.15) is 0 Å². The second-order valence-corrected chi connectivity index (χ2v) is 4.45. The van der Waals surface area contributed by atoms with Crippen LogP contribution in [0.3, 0.4) is 0 Å². The molecule has 0 amide bonds. The van der Waals surface area contributed by atoms with E-state index in [9.17, 15) is 4.79 Å². The molecule has 1 rings (SSSR count). The van der Waals surface area contributed by atoms with Gasteiger partial charge in [-0.2, -0.15) is 0 Å². The summed E-state index contributed by atoms with van der Waals surface area (Å²) in [5, 5.41) is 8.65. The molecule has 3 unspecified atom stereocenters. The molecular weight excluding hydrogens is 178 g/mol. The topological polar surface area (TPSA) is 63.3 Å². The fourth-order valence-electron chi connectivity index (χ4n) is 2.29. The highest BCUT2D eigenvalue weighted by Gasteiger charge is 2.25. The minimum Gasteiger partial charge on any atom is -0.481 e. The number of allylic oxidation sites excluding steroid dienone is 2. The summed E-state index contributed by atoms with van der Waals surface area (Å²) in [6, 6.07) is -0.196. The summed E-state index contributed by atoms with van der Waals surface area (Å²) in [6.45, 7) is 4.25. The van der Waals surface area contributed by atoms with E-state index >= 15 is 0 Å². The average Bonchev–Trinajstić information content (AvgIpc) is 2.00. The molecule has 14 heavy (non-hydrogen) atoms. The molecular formula is C11H19NO2. The average molecular weight is 197 g/mol. The Labute approximate surface area is 85.0 Å². The fraction of sp³-hybridized carbons (Fsp3) is 0.727. The molecule has 0 fully saturated rings. The van der Waals surface area contributed by atoms with Gasteiger partial charge in [-0.25, -0.2) is 0 Å². The molecule has 0 aromatic heterocycles. The van der Waals surface area contributed by atoms with Crippen LogP contribution in [-0.4, -0.2) is 17.1 Å². The van der Waals surface area contributed by atoms with E-state index in [1.165, 1.54) is 5.57 Å². The summed E-state index contributed by atoms with van der Waals surface area (Å²) < 4.78 is 0. The van der Waals surface area contributed by atoms with Crippen LogP contribution in [0.4, 0.5) is 0 Å². The van der Waals surface area contributed by atoms with E-state index in [1.54, 1.807) is 0 Å². The Morgan fingerprint density at radius 2 is 2.43 bits per heavy atom. The van der Waals surface area contributed by atoms with Gasteiger partial charge in [0, 0.05) is 6.04 Å². The zero-order valence-electron chi connectivity index (χ0n) is 8.86. The van der Waals surface area contributed by atoms with Crippen LogP contribution in [0.2, 0.25) is 0 Å². The lowest BCUT2D eigenvalue weighted by molar-refractivity contribution is -0.137. The van der Waals surface area contributed by atoms with Gasteiger partial charge in [0.25, 0.3) is 0 Å². The zero-order chi connectivity index (χ0) is 10.7. The molecule has 3 heteroatoms. The molecule has 0 saturated carbocycles. The van der Waals surface area contributed by atoms with Crippen molar-refractivity contribution in [1.29, 1.82) is 0 Å². The molecule has 80 valence electrons. The zero-order valence-corrected chi connectivity index (χ0v) is 8.86. The standard InChI is InChI=1S/C11H19NO2/c1-7-3-8(2)5-9(4-7)10(12)6-11(13)14/h3,7,9-10H,4-6,12H2,1-2H3,(H,13,14). The first kappa shape index (κ1) is 11.2. The lowest BCUT2D eigenvalue weighted by atomic mass is 9.79. The normalized spacial score (nSPS) is 29.5. The Kier molecular flexibility index (Phi) is 3.69. The maximum atomic E-state index is 10.5. The SMILES string of the molecule is CC1=CC(C)CC(C(N)CC(=O)O)C1. The number of carboxylic acids is 1. The molecule has 0 saturated heterocycles. The van der Waals surface area contributed by atoms with Gasteiger partial charge in [-0.15, -0.1) is 0 Å². The number of carbonyl (C=O) groups is 1. The molecule has 3 N–H and O–H groups in total. The molecule has 3 atom stereocenters. The minimum atomic E-state index is -0.794. The van der Waals surface area contributed by atoms with Crippen LogP contribution in [-0.2, 0) is 4.79 Å². The summed E-state index contributed by atoms with van der Waals surface area (Å²) in [4.78, 5) is 10.5. The van der Waals surface area contributed by atoms with Crippen molar-refractivity contribution >= 4 is 5.97 Å². The maximum absolute atomic E-state index is 10.5. The predicted molar refractivity (Wildman–Crippen MR) is 55.9 cm³/mol. The predicted octanol–water partition coefficient (Wildman–Crippen LogP) is 1.78. The number of nitrogens with two attached hydrogens (primary N) is 1. The Bertz CT molecular complexity index is 248. The van der Waals surface area contributed by atoms with Crippen molar-refractivity contribution in [3.63, 3.8) is 0 Å². The van der Waals surface area contributed by atoms with Gasteiger partial charge in [0.15, 0.2) is 0 Å². The Morgan fingerprint density at radius 1 is 1.79 bits per heavy atom. The molecule has 1 aliphatic rings. The third kappa shape index (κ3) is 3.14. The van der Waals surface area contributed by atoms with Crippen molar-refractivity contribution in [2.75, 3.05) is 0 Å². The Morgan fingerprint density at radius 3 is 2.93 bits per heavy atom. The van der Waals surface area contributed by atoms with Crippen molar-refractivity contribution in [2.45, 2.75) is 39.2 Å². The van der Waals surface area contributed by atoms with Crippen molar-refractivity contribution in [1.82, 2.24) is 0 Å². The molecule has 0 aliphatic heterocycles. The van der Waals surface area contributed by atoms with Gasteiger partial charge in [0.2, 0.25) is 0 Å². The van der Waals surface area contributed by atoms with Crippen LogP contribution < -0.4 is 5.73 Å². The van der Waals surface area contributed by atoms with E-state index in [0.29, 0.717) is 11.8 Å². The summed E-state index contributed by atoms with van der Waals surface area (Å²) in [7, 11) is 0. The van der Waals surface area contributed by atoms with Gasteiger partial charge in [-0.05, 0) is 31.6 Å². The van der Waals surface area contributed by atoms with Crippen LogP contribution >= 0.6 is 0 Å². The quantitative estimate of drug-likeness (QED) is 0.678. The first-order chi connectivity index (χ1) is 6.49. The largest absolute Gasteiger partial charge is 0.481 e. The summed E-state index contributed by atoms with van der Waals surface area (Å²) in [5.74, 6) is 0.0806. The lowest BCUT2D eigenvalue weighted by Gasteiger charge is -2.29. The van der Waals surface area contributed by atoms with Gasteiger partial charge in [0.05, 0.1) is 6.42 Å². The molecule has 0 heterocycles. The van der Waals surface area contributed by atoms with Crippen LogP contribution in [0.25, 0.3) is 0 Å². The lowest BCUT2D eigenvalue weighted by Crippen LogP contribution is -2.34. The smallest absolute Gasteiger partial charge is 0.304 e. The van der Waals surface area contributed by atoms with Crippen LogP contribution in [0.1, 0.15) is 33.1 Å². The number of hydrogen-bond acceptors (Lipinski definition) is 2. The van der Waals surface area contributed by atoms with E-state index in [0.717, 1.165) is 12.8 Å². The van der Waals surface area contributed by atoms with Gasteiger partial charge >= 0.3 is 5.97 Å². The number of rotatable bonds is 3. The third-order valence-electron chi connectivity index (χ3n) is 2.84. The first-order valence-electron chi connectivity index (χ1n) is 5.13. The van der Waals surface area contributed by atoms with Crippen molar-refractivity contribution in [2.24, 2.45) is 17.6 Å². The van der Waals surface area contributed by atoms with Gasteiger partial charge in [-0.3, -0.25) is 4.79 Å². The summed E-state index contributed by atoms with van der Waals surface area (Å²) >= 11 is 0. The van der Waals surface area contributed by atoms with Gasteiger partial charge in [-0.1, -0.05) is 18.6 Å². The second-order valence-electron chi connectivity index (χ2n) is 4.45. The fourth-order valence-corrected chi connectivity index (χ4v) is 2.29. The van der Waals surface area contributed by atoms with E-state index in [1.807, 2.05) is 0 Å². The highest BCUT2D eigenvalue weighted by atomic mass is 16.4. The van der Waals surface area contributed by atoms with Crippen LogP contribution in [0.5, 0.6) is 0 Å². The highest BCUT2D eigenvalue weighted by Crippen LogP contribution is 2.30. The Hall–Kier alpha value is -0.830.